The van der Waals surface area contributed by atoms with E-state index in [9.17, 15) is 42.0 Å². The molecule has 0 aromatic carbocycles. The van der Waals surface area contributed by atoms with E-state index in [0.29, 0.717) is 77.0 Å². The minimum Gasteiger partial charge on any atom is -0.465 e. The molecule has 15 heteroatoms. The number of hydrogen-bond donors (Lipinski definition) is 2. The van der Waals surface area contributed by atoms with Crippen LogP contribution in [0.1, 0.15) is 104 Å². The van der Waals surface area contributed by atoms with E-state index in [1.54, 1.807) is 6.07 Å². The van der Waals surface area contributed by atoms with Gasteiger partial charge in [-0.2, -0.15) is 5.26 Å². The van der Waals surface area contributed by atoms with Gasteiger partial charge in [0.1, 0.15) is 6.04 Å². The van der Waals surface area contributed by atoms with Crippen molar-refractivity contribution in [3.05, 3.63) is 0 Å². The molecule has 2 saturated heterocycles. The predicted molar refractivity (Wildman–Crippen MR) is 174 cm³/mol. The Hall–Kier alpha value is -2.99. The third-order valence-electron chi connectivity index (χ3n) is 13.0. The van der Waals surface area contributed by atoms with Gasteiger partial charge in [0.2, 0.25) is 11.8 Å². The number of rotatable bonds is 12. The van der Waals surface area contributed by atoms with Crippen molar-refractivity contribution in [2.75, 3.05) is 45.9 Å². The van der Waals surface area contributed by atoms with E-state index in [4.69, 9.17) is 9.47 Å². The molecule has 8 rings (SSSR count). The predicted octanol–water partition coefficient (Wildman–Crippen LogP) is 4.09. The lowest BCUT2D eigenvalue weighted by atomic mass is 9.57. The number of nitrogens with one attached hydrogen (secondary N) is 2. The Bertz CT molecular complexity index is 1400. The van der Waals surface area contributed by atoms with Gasteiger partial charge < -0.3 is 29.9 Å². The van der Waals surface area contributed by atoms with E-state index in [1.165, 1.54) is 4.90 Å². The Balaban J connectivity index is 0.908. The summed E-state index contributed by atoms with van der Waals surface area (Å²) in [7, 11) is 0. The molecule has 2 aliphatic heterocycles. The molecule has 0 aromatic rings. The van der Waals surface area contributed by atoms with Crippen molar-refractivity contribution < 1.29 is 46.2 Å². The van der Waals surface area contributed by atoms with Crippen molar-refractivity contribution in [1.82, 2.24) is 20.4 Å². The van der Waals surface area contributed by atoms with Crippen molar-refractivity contribution in [2.45, 2.75) is 133 Å². The molecule has 2 amide bonds. The molecular formula is C36H51F4N5O6. The summed E-state index contributed by atoms with van der Waals surface area (Å²) < 4.78 is 66.5. The third-order valence-corrected chi connectivity index (χ3v) is 13.0. The maximum absolute atomic E-state index is 13.8. The number of alkyl halides is 4. The fraction of sp³-hybridized carbons (Fsp3) is 0.861. The zero-order valence-corrected chi connectivity index (χ0v) is 29.7. The van der Waals surface area contributed by atoms with Crippen LogP contribution in [0.5, 0.6) is 0 Å². The second-order valence-corrected chi connectivity index (χ2v) is 17.3. The molecule has 6 saturated carbocycles. The fourth-order valence-corrected chi connectivity index (χ4v) is 9.27. The van der Waals surface area contributed by atoms with Gasteiger partial charge in [-0.1, -0.05) is 13.8 Å². The summed E-state index contributed by atoms with van der Waals surface area (Å²) >= 11 is 0. The minimum atomic E-state index is -3.07. The number of likely N-dealkylation sites (tertiary alicyclic amines) is 2. The van der Waals surface area contributed by atoms with Crippen LogP contribution >= 0.6 is 0 Å². The van der Waals surface area contributed by atoms with Crippen LogP contribution < -0.4 is 10.6 Å². The lowest BCUT2D eigenvalue weighted by Crippen LogP contribution is -2.59. The van der Waals surface area contributed by atoms with Gasteiger partial charge in [0.15, 0.2) is 0 Å². The summed E-state index contributed by atoms with van der Waals surface area (Å²) in [5.41, 5.74) is -2.50. The van der Waals surface area contributed by atoms with Gasteiger partial charge in [-0.3, -0.25) is 19.2 Å². The zero-order valence-electron chi connectivity index (χ0n) is 29.7. The van der Waals surface area contributed by atoms with Crippen molar-refractivity contribution in [3.8, 4) is 6.07 Å². The quantitative estimate of drug-likeness (QED) is 0.225. The summed E-state index contributed by atoms with van der Waals surface area (Å²) in [4.78, 5) is 54.3. The normalized spacial score (nSPS) is 35.0. The van der Waals surface area contributed by atoms with Crippen molar-refractivity contribution in [3.63, 3.8) is 0 Å². The molecule has 2 heterocycles. The Morgan fingerprint density at radius 1 is 0.706 bits per heavy atom. The summed E-state index contributed by atoms with van der Waals surface area (Å²) in [5, 5.41) is 15.9. The molecule has 8 aliphatic rings. The molecule has 8 fully saturated rings. The van der Waals surface area contributed by atoms with E-state index >= 15 is 0 Å². The van der Waals surface area contributed by atoms with E-state index in [-0.39, 0.29) is 68.2 Å². The van der Waals surface area contributed by atoms with Gasteiger partial charge >= 0.3 is 11.9 Å². The second-order valence-electron chi connectivity index (χ2n) is 17.3. The molecule has 0 spiro atoms. The topological polar surface area (TPSA) is 141 Å². The van der Waals surface area contributed by atoms with Gasteiger partial charge in [-0.15, -0.1) is 0 Å². The first-order valence-electron chi connectivity index (χ1n) is 18.4. The molecule has 6 aliphatic carbocycles. The van der Waals surface area contributed by atoms with Gasteiger partial charge in [0.05, 0.1) is 56.3 Å². The first-order chi connectivity index (χ1) is 23.8. The number of fused-ring (bicyclic) bond motifs is 6. The van der Waals surface area contributed by atoms with Crippen molar-refractivity contribution in [1.29, 1.82) is 5.26 Å². The number of esters is 2. The number of hydrogen-bond acceptors (Lipinski definition) is 9. The number of halogens is 4. The van der Waals surface area contributed by atoms with Gasteiger partial charge in [-0.05, 0) is 77.0 Å². The molecule has 0 radical (unpaired) electrons. The maximum Gasteiger partial charge on any atom is 0.312 e. The highest BCUT2D eigenvalue weighted by molar-refractivity contribution is 5.80. The molecule has 1 unspecified atom stereocenters. The molecule has 284 valence electrons. The van der Waals surface area contributed by atoms with E-state index in [1.807, 2.05) is 13.8 Å². The Morgan fingerprint density at radius 2 is 1.16 bits per heavy atom. The number of ether oxygens (including phenoxy) is 2. The van der Waals surface area contributed by atoms with Crippen LogP contribution in [0.4, 0.5) is 17.6 Å². The molecule has 1 atom stereocenters. The van der Waals surface area contributed by atoms with E-state index in [0.717, 1.165) is 4.90 Å². The van der Waals surface area contributed by atoms with Crippen molar-refractivity contribution >= 4 is 23.8 Å². The van der Waals surface area contributed by atoms with Crippen LogP contribution in [0.25, 0.3) is 0 Å². The number of carbonyl (C=O) groups excluding carboxylic acids is 4. The monoisotopic (exact) mass is 725 g/mol. The Kier molecular flexibility index (Phi) is 9.96. The summed E-state index contributed by atoms with van der Waals surface area (Å²) in [6, 6.07) is 0.671. The summed E-state index contributed by atoms with van der Waals surface area (Å²) in [5.74, 6) is -7.26. The van der Waals surface area contributed by atoms with Crippen LogP contribution in [0.2, 0.25) is 0 Å². The van der Waals surface area contributed by atoms with Crippen molar-refractivity contribution in [2.24, 2.45) is 16.2 Å². The lowest BCUT2D eigenvalue weighted by Gasteiger charge is -2.52. The highest BCUT2D eigenvalue weighted by Gasteiger charge is 2.55. The Labute approximate surface area is 296 Å². The van der Waals surface area contributed by atoms with E-state index < -0.39 is 59.5 Å². The van der Waals surface area contributed by atoms with Gasteiger partial charge in [-0.25, -0.2) is 17.6 Å². The van der Waals surface area contributed by atoms with Gasteiger partial charge in [0.25, 0.3) is 11.8 Å². The Morgan fingerprint density at radius 3 is 1.57 bits per heavy atom. The number of carbonyl (C=O) groups is 4. The van der Waals surface area contributed by atoms with Gasteiger partial charge in [0, 0.05) is 35.9 Å². The highest BCUT2D eigenvalue weighted by Crippen LogP contribution is 2.54. The van der Waals surface area contributed by atoms with Crippen LogP contribution in [0.15, 0.2) is 0 Å². The molecule has 51 heavy (non-hydrogen) atoms. The van der Waals surface area contributed by atoms with E-state index in [2.05, 4.69) is 10.6 Å². The first kappa shape index (κ1) is 37.8. The third kappa shape index (κ3) is 7.87. The van der Waals surface area contributed by atoms with Crippen LogP contribution in [-0.4, -0.2) is 108 Å². The minimum absolute atomic E-state index is 0.00956. The average molecular weight is 726 g/mol. The molecular weight excluding hydrogens is 674 g/mol. The van der Waals surface area contributed by atoms with Crippen LogP contribution in [-0.2, 0) is 28.7 Å². The SMILES string of the molecule is CC(C)(COC(=O)C12CCC(NCC(=O)N3CCC(F)(F)C3)(CC1)CC2)COC(=O)C12CCC(NCC(=O)N3CC(F)(F)CC3C#N)(CC1)CC2. The maximum atomic E-state index is 13.8. The standard InChI is InChI=1S/C36H51F4N5O6/c1-30(2,23-50-28(48)31-3-9-33(10-4-31,11-5-31)42-19-26(46)44-16-15-35(37,38)21-44)24-51-29(49)32-6-12-34(13-7-32,14-8-32)43-20-27(47)45-22-36(39,40)17-25(45)18-41/h25,42-43H,3-17,19-24H2,1-2H3. The smallest absolute Gasteiger partial charge is 0.312 e. The summed E-state index contributed by atoms with van der Waals surface area (Å²) in [6.45, 7) is 2.59. The second kappa shape index (κ2) is 13.5. The average Bonchev–Trinajstić information content (AvgIpc) is 3.66. The largest absolute Gasteiger partial charge is 0.465 e. The molecule has 11 nitrogen and oxygen atoms in total. The van der Waals surface area contributed by atoms with Crippen LogP contribution in [0.3, 0.4) is 0 Å². The fourth-order valence-electron chi connectivity index (χ4n) is 9.27. The first-order valence-corrected chi connectivity index (χ1v) is 18.4. The molecule has 4 bridgehead atoms. The molecule has 0 aromatic heterocycles. The number of nitriles is 1. The summed E-state index contributed by atoms with van der Waals surface area (Å²) in [6.07, 6.45) is 6.63. The highest BCUT2D eigenvalue weighted by atomic mass is 19.3. The van der Waals surface area contributed by atoms with Crippen LogP contribution in [0, 0.1) is 27.6 Å². The molecule has 2 N–H and O–H groups in total. The zero-order chi connectivity index (χ0) is 36.9. The number of nitrogens with zero attached hydrogens (tertiary/aromatic N) is 3. The number of amides is 2. The lowest BCUT2D eigenvalue weighted by molar-refractivity contribution is -0.173.